The SMILES string of the molecule is Cc1cc(=O)c2c(O)c3c(cc2o1)OC(C)(C)C1OC(=O)C2(OC2CCc2cc(N)nc(-c4cc(N)nc(C[NH+]5C=C6N=CC=C6C5)c4)c2)C2C=CC(C2)C31. The zero-order valence-corrected chi connectivity index (χ0v) is 30.7. The molecular formula is C42H41N6O7+. The molecule has 1 spiro atoms. The summed E-state index contributed by atoms with van der Waals surface area (Å²) in [6, 6.07) is 10.7. The van der Waals surface area contributed by atoms with E-state index in [9.17, 15) is 14.7 Å². The van der Waals surface area contributed by atoms with Gasteiger partial charge in [-0.05, 0) is 81.9 Å². The summed E-state index contributed by atoms with van der Waals surface area (Å²) >= 11 is 0. The van der Waals surface area contributed by atoms with Gasteiger partial charge in [0.25, 0.3) is 0 Å². The number of nitrogens with one attached hydrogen (secondary N) is 1. The molecule has 3 aromatic heterocycles. The highest BCUT2D eigenvalue weighted by Crippen LogP contribution is 2.60. The van der Waals surface area contributed by atoms with Gasteiger partial charge in [-0.2, -0.15) is 0 Å². The number of hydrogen-bond donors (Lipinski definition) is 4. The molecule has 7 atom stereocenters. The number of hydrogen-bond acceptors (Lipinski definition) is 12. The molecule has 6 aliphatic rings. The van der Waals surface area contributed by atoms with E-state index in [-0.39, 0.29) is 40.1 Å². The van der Waals surface area contributed by atoms with Crippen molar-refractivity contribution < 1.29 is 33.4 Å². The molecule has 2 saturated heterocycles. The van der Waals surface area contributed by atoms with Crippen LogP contribution in [0.5, 0.6) is 11.5 Å². The highest BCUT2D eigenvalue weighted by molar-refractivity contribution is 5.88. The molecule has 13 nitrogen and oxygen atoms in total. The largest absolute Gasteiger partial charge is 0.507 e. The maximum Gasteiger partial charge on any atom is 0.342 e. The number of aromatic nitrogens is 2. The lowest BCUT2D eigenvalue weighted by Gasteiger charge is -2.47. The van der Waals surface area contributed by atoms with Gasteiger partial charge in [0.1, 0.15) is 76.6 Å². The molecule has 0 radical (unpaired) electrons. The third-order valence-corrected chi connectivity index (χ3v) is 12.1. The van der Waals surface area contributed by atoms with Crippen molar-refractivity contribution in [3.63, 3.8) is 0 Å². The zero-order chi connectivity index (χ0) is 38.0. The first-order valence-electron chi connectivity index (χ1n) is 18.8. The fourth-order valence-electron chi connectivity index (χ4n) is 9.59. The number of carbonyl (C=O) groups excluding carboxylic acids is 1. The van der Waals surface area contributed by atoms with Gasteiger partial charge in [0.05, 0.1) is 17.5 Å². The number of nitrogens with zero attached hydrogens (tertiary/aromatic N) is 3. The van der Waals surface area contributed by atoms with E-state index < -0.39 is 29.2 Å². The smallest absolute Gasteiger partial charge is 0.342 e. The van der Waals surface area contributed by atoms with Gasteiger partial charge in [-0.3, -0.25) is 14.7 Å². The lowest BCUT2D eigenvalue weighted by atomic mass is 9.71. The Morgan fingerprint density at radius 2 is 1.87 bits per heavy atom. The minimum atomic E-state index is -1.14. The summed E-state index contributed by atoms with van der Waals surface area (Å²) in [6.45, 7) is 6.93. The number of benzene rings is 1. The number of nitrogen functional groups attached to an aromatic ring is 2. The Labute approximate surface area is 316 Å². The summed E-state index contributed by atoms with van der Waals surface area (Å²) in [5.74, 6) is 0.190. The quantitative estimate of drug-likeness (QED) is 0.128. The average Bonchev–Trinajstić information content (AvgIpc) is 3.41. The van der Waals surface area contributed by atoms with Gasteiger partial charge in [-0.15, -0.1) is 0 Å². The molecule has 280 valence electrons. The van der Waals surface area contributed by atoms with E-state index in [0.29, 0.717) is 60.2 Å². The van der Waals surface area contributed by atoms with Crippen molar-refractivity contribution in [1.29, 1.82) is 0 Å². The van der Waals surface area contributed by atoms with E-state index in [4.69, 9.17) is 30.1 Å². The number of nitrogens with two attached hydrogens (primary N) is 2. The Hall–Kier alpha value is -5.79. The number of esters is 1. The van der Waals surface area contributed by atoms with Gasteiger partial charge >= 0.3 is 5.97 Å². The number of fused-ring (bicyclic) bond motifs is 9. The summed E-state index contributed by atoms with van der Waals surface area (Å²) in [7, 11) is 0. The Balaban J connectivity index is 0.891. The van der Waals surface area contributed by atoms with Crippen LogP contribution in [0.4, 0.5) is 11.6 Å². The number of allylic oxidation sites excluding steroid dienone is 2. The molecule has 5 aliphatic heterocycles. The standard InChI is InChI=1S/C42H40N6O7/c1-20-10-29(49)36-30(52-20)16-31-37(38(36)50)35-22-5-6-25(13-22)42(40(51)53-39(35)41(2,3)54-31)32(55-42)7-4-21-11-27(47-33(43)12-21)24-14-26(46-34(44)15-24)18-48-17-23-8-9-45-28(23)19-48/h5-6,8-12,14-16,19,22,25,32,35,39,50H,4,7,13,17-18H2,1-3H3,(H2,43,47)(H2,44,46)/p+1. The molecule has 0 amide bonds. The number of anilines is 2. The van der Waals surface area contributed by atoms with Crippen molar-refractivity contribution in [2.24, 2.45) is 16.8 Å². The number of rotatable bonds is 6. The second-order valence-electron chi connectivity index (χ2n) is 16.2. The fraction of sp³-hybridized carbons (Fsp3) is 0.357. The topological polar surface area (TPSA) is 193 Å². The monoisotopic (exact) mass is 741 g/mol. The van der Waals surface area contributed by atoms with Crippen molar-refractivity contribution in [3.05, 3.63) is 105 Å². The molecule has 6 N–H and O–H groups in total. The predicted octanol–water partition coefficient (Wildman–Crippen LogP) is 3.82. The van der Waals surface area contributed by atoms with Crippen LogP contribution in [0.25, 0.3) is 22.2 Å². The zero-order valence-electron chi connectivity index (χ0n) is 30.7. The number of aryl methyl sites for hydroxylation is 2. The van der Waals surface area contributed by atoms with E-state index in [0.717, 1.165) is 29.1 Å². The number of ether oxygens (including phenoxy) is 3. The Bertz CT molecular complexity index is 2540. The molecule has 0 saturated carbocycles. The highest BCUT2D eigenvalue weighted by Gasteiger charge is 2.70. The maximum absolute atomic E-state index is 14.3. The average molecular weight is 742 g/mol. The fourth-order valence-corrected chi connectivity index (χ4v) is 9.59. The van der Waals surface area contributed by atoms with Crippen LogP contribution in [0.15, 0.2) is 86.3 Å². The molecule has 1 aliphatic carbocycles. The van der Waals surface area contributed by atoms with Gasteiger partial charge in [0.15, 0.2) is 11.0 Å². The lowest BCUT2D eigenvalue weighted by molar-refractivity contribution is -0.852. The van der Waals surface area contributed by atoms with Gasteiger partial charge in [0, 0.05) is 46.9 Å². The summed E-state index contributed by atoms with van der Waals surface area (Å²) in [5, 5.41) is 11.7. The number of phenolic OH excluding ortho intramolecular Hbond substituents is 1. The van der Waals surface area contributed by atoms with Gasteiger partial charge in [-0.25, -0.2) is 14.8 Å². The van der Waals surface area contributed by atoms with Crippen LogP contribution in [0.2, 0.25) is 0 Å². The number of quaternary nitrogens is 1. The Morgan fingerprint density at radius 3 is 2.71 bits per heavy atom. The third kappa shape index (κ3) is 5.39. The molecule has 8 heterocycles. The van der Waals surface area contributed by atoms with Crippen molar-refractivity contribution in [2.75, 3.05) is 18.0 Å². The van der Waals surface area contributed by atoms with Crippen LogP contribution in [-0.2, 0) is 27.2 Å². The first-order chi connectivity index (χ1) is 26.4. The maximum atomic E-state index is 14.3. The first-order valence-corrected chi connectivity index (χ1v) is 18.8. The minimum Gasteiger partial charge on any atom is -0.507 e. The summed E-state index contributed by atoms with van der Waals surface area (Å²) in [4.78, 5) is 42.2. The predicted molar refractivity (Wildman–Crippen MR) is 203 cm³/mol. The van der Waals surface area contributed by atoms with Crippen molar-refractivity contribution in [2.45, 2.75) is 75.9 Å². The minimum absolute atomic E-state index is 0.0876. The van der Waals surface area contributed by atoms with E-state index in [1.807, 2.05) is 44.3 Å². The molecule has 13 heteroatoms. The summed E-state index contributed by atoms with van der Waals surface area (Å²) in [5.41, 5.74) is 16.4. The molecule has 1 aromatic carbocycles. The van der Waals surface area contributed by atoms with Crippen LogP contribution < -0.4 is 26.5 Å². The summed E-state index contributed by atoms with van der Waals surface area (Å²) < 4.78 is 25.0. The first kappa shape index (κ1) is 33.8. The van der Waals surface area contributed by atoms with Crippen LogP contribution >= 0.6 is 0 Å². The molecular weight excluding hydrogens is 700 g/mol. The second-order valence-corrected chi connectivity index (χ2v) is 16.2. The van der Waals surface area contributed by atoms with Crippen molar-refractivity contribution in [1.82, 2.24) is 9.97 Å². The van der Waals surface area contributed by atoms with Crippen LogP contribution in [0.1, 0.15) is 55.2 Å². The third-order valence-electron chi connectivity index (χ3n) is 12.1. The number of aromatic hydroxyl groups is 1. The number of pyridine rings is 2. The normalized spacial score (nSPS) is 29.2. The van der Waals surface area contributed by atoms with E-state index in [2.05, 4.69) is 33.3 Å². The van der Waals surface area contributed by atoms with E-state index >= 15 is 0 Å². The number of aliphatic imine (C=N–C) groups is 1. The molecule has 4 aromatic rings. The Morgan fingerprint density at radius 1 is 1.04 bits per heavy atom. The van der Waals surface area contributed by atoms with Crippen LogP contribution in [-0.4, -0.2) is 57.2 Å². The summed E-state index contributed by atoms with van der Waals surface area (Å²) in [6.07, 6.45) is 10.8. The van der Waals surface area contributed by atoms with Gasteiger partial charge in [0.2, 0.25) is 0 Å². The molecule has 10 rings (SSSR count). The molecule has 7 unspecified atom stereocenters. The van der Waals surface area contributed by atoms with Gasteiger partial charge < -0.3 is 35.2 Å². The second kappa shape index (κ2) is 11.9. The molecule has 2 fully saturated rings. The highest BCUT2D eigenvalue weighted by atomic mass is 16.7. The van der Waals surface area contributed by atoms with Crippen LogP contribution in [0, 0.1) is 18.8 Å². The number of phenols is 1. The van der Waals surface area contributed by atoms with Gasteiger partial charge in [-0.1, -0.05) is 12.2 Å². The van der Waals surface area contributed by atoms with Crippen molar-refractivity contribution in [3.8, 4) is 22.8 Å². The van der Waals surface area contributed by atoms with E-state index in [1.54, 1.807) is 19.1 Å². The van der Waals surface area contributed by atoms with E-state index in [1.165, 1.54) is 16.5 Å². The molecule has 2 bridgehead atoms. The lowest BCUT2D eigenvalue weighted by Crippen LogP contribution is -3.04. The molecule has 55 heavy (non-hydrogen) atoms. The van der Waals surface area contributed by atoms with Crippen LogP contribution in [0.3, 0.4) is 0 Å². The number of epoxide rings is 1. The Kier molecular flexibility index (Phi) is 7.27. The number of carbonyl (C=O) groups is 1. The van der Waals surface area contributed by atoms with Crippen molar-refractivity contribution >= 4 is 34.8 Å².